The molecule has 0 unspecified atom stereocenters. The van der Waals surface area contributed by atoms with Crippen LogP contribution < -0.4 is 5.73 Å². The smallest absolute Gasteiger partial charge is 0.194 e. The van der Waals surface area contributed by atoms with Crippen molar-refractivity contribution in [3.63, 3.8) is 0 Å². The first-order valence-electron chi connectivity index (χ1n) is 5.67. The van der Waals surface area contributed by atoms with Gasteiger partial charge in [0.1, 0.15) is 0 Å². The van der Waals surface area contributed by atoms with Gasteiger partial charge in [-0.1, -0.05) is 0 Å². The van der Waals surface area contributed by atoms with Crippen molar-refractivity contribution in [2.75, 3.05) is 12.3 Å². The molecule has 4 nitrogen and oxygen atoms in total. The summed E-state index contributed by atoms with van der Waals surface area (Å²) in [7, 11) is 0. The highest BCUT2D eigenvalue weighted by Crippen LogP contribution is 2.26. The summed E-state index contributed by atoms with van der Waals surface area (Å²) in [4.78, 5) is 0. The molecule has 0 fully saturated rings. The van der Waals surface area contributed by atoms with Crippen LogP contribution in [0.5, 0.6) is 0 Å². The molecule has 1 aromatic heterocycles. The lowest BCUT2D eigenvalue weighted by atomic mass is 10.1. The maximum absolute atomic E-state index is 13.3. The number of ether oxygens (including phenoxy) is 1. The van der Waals surface area contributed by atoms with Crippen LogP contribution in [0.4, 0.5) is 19.0 Å². The van der Waals surface area contributed by atoms with Crippen molar-refractivity contribution in [3.05, 3.63) is 40.8 Å². The molecule has 1 aliphatic rings. The maximum Gasteiger partial charge on any atom is 0.194 e. The Morgan fingerprint density at radius 3 is 2.58 bits per heavy atom. The lowest BCUT2D eigenvalue weighted by molar-refractivity contribution is 0.110. The summed E-state index contributed by atoms with van der Waals surface area (Å²) in [5, 5.41) is 4.03. The fraction of sp³-hybridized carbons (Fsp3) is 0.250. The number of rotatable bonds is 1. The van der Waals surface area contributed by atoms with Crippen molar-refractivity contribution >= 4 is 5.82 Å². The molecule has 2 aromatic rings. The molecule has 0 radical (unpaired) electrons. The summed E-state index contributed by atoms with van der Waals surface area (Å²) in [5.41, 5.74) is 7.27. The minimum atomic E-state index is -1.50. The lowest BCUT2D eigenvalue weighted by Gasteiger charge is -2.14. The van der Waals surface area contributed by atoms with Crippen LogP contribution in [0.25, 0.3) is 5.69 Å². The van der Waals surface area contributed by atoms with E-state index in [0.29, 0.717) is 25.2 Å². The van der Waals surface area contributed by atoms with Gasteiger partial charge in [-0.3, -0.25) is 0 Å². The van der Waals surface area contributed by atoms with Crippen LogP contribution in [0, 0.1) is 17.5 Å². The largest absolute Gasteiger partial charge is 0.382 e. The zero-order valence-electron chi connectivity index (χ0n) is 9.79. The minimum Gasteiger partial charge on any atom is -0.382 e. The Morgan fingerprint density at radius 1 is 1.21 bits per heavy atom. The third kappa shape index (κ3) is 1.86. The number of aromatic nitrogens is 2. The van der Waals surface area contributed by atoms with E-state index in [2.05, 4.69) is 5.10 Å². The zero-order valence-corrected chi connectivity index (χ0v) is 9.79. The third-order valence-corrected chi connectivity index (χ3v) is 3.06. The van der Waals surface area contributed by atoms with Crippen LogP contribution >= 0.6 is 0 Å². The Balaban J connectivity index is 2.17. The summed E-state index contributed by atoms with van der Waals surface area (Å²) in [6.45, 7) is 0.789. The van der Waals surface area contributed by atoms with E-state index >= 15 is 0 Å². The van der Waals surface area contributed by atoms with E-state index in [1.807, 2.05) is 0 Å². The second-order valence-electron chi connectivity index (χ2n) is 4.25. The topological polar surface area (TPSA) is 53.1 Å². The van der Waals surface area contributed by atoms with Crippen molar-refractivity contribution in [2.45, 2.75) is 13.0 Å². The van der Waals surface area contributed by atoms with Gasteiger partial charge < -0.3 is 10.5 Å². The van der Waals surface area contributed by atoms with Crippen molar-refractivity contribution in [1.82, 2.24) is 9.78 Å². The van der Waals surface area contributed by atoms with E-state index < -0.39 is 17.5 Å². The van der Waals surface area contributed by atoms with Crippen molar-refractivity contribution in [1.29, 1.82) is 0 Å². The molecule has 0 aliphatic carbocycles. The molecular weight excluding hydrogens is 259 g/mol. The Kier molecular flexibility index (Phi) is 2.70. The molecule has 7 heteroatoms. The van der Waals surface area contributed by atoms with Gasteiger partial charge in [0.05, 0.1) is 24.6 Å². The number of nitrogen functional groups attached to an aromatic ring is 1. The lowest BCUT2D eigenvalue weighted by Crippen LogP contribution is -2.13. The number of benzene rings is 1. The Labute approximate surface area is 106 Å². The van der Waals surface area contributed by atoms with Gasteiger partial charge in [-0.2, -0.15) is 5.10 Å². The van der Waals surface area contributed by atoms with E-state index in [0.717, 1.165) is 17.8 Å². The molecule has 0 atom stereocenters. The average Bonchev–Trinajstić information content (AvgIpc) is 2.74. The van der Waals surface area contributed by atoms with Gasteiger partial charge in [0, 0.05) is 24.1 Å². The number of nitrogens with zero attached hydrogens (tertiary/aromatic N) is 2. The molecule has 2 heterocycles. The highest BCUT2D eigenvalue weighted by molar-refractivity contribution is 5.47. The number of nitrogens with two attached hydrogens (primary N) is 1. The molecule has 2 N–H and O–H groups in total. The number of anilines is 1. The number of fused-ring (bicyclic) bond motifs is 1. The van der Waals surface area contributed by atoms with Crippen LogP contribution in [0.1, 0.15) is 11.3 Å². The van der Waals surface area contributed by atoms with Crippen LogP contribution in [0.2, 0.25) is 0 Å². The summed E-state index contributed by atoms with van der Waals surface area (Å²) < 4.78 is 46.0. The van der Waals surface area contributed by atoms with Crippen LogP contribution in [-0.2, 0) is 17.8 Å². The first kappa shape index (κ1) is 12.0. The monoisotopic (exact) mass is 269 g/mol. The van der Waals surface area contributed by atoms with Gasteiger partial charge in [0.25, 0.3) is 0 Å². The molecule has 0 amide bonds. The second kappa shape index (κ2) is 4.27. The second-order valence-corrected chi connectivity index (χ2v) is 4.25. The van der Waals surface area contributed by atoms with Crippen LogP contribution in [-0.4, -0.2) is 16.4 Å². The van der Waals surface area contributed by atoms with Crippen LogP contribution in [0.15, 0.2) is 12.1 Å². The van der Waals surface area contributed by atoms with Gasteiger partial charge in [-0.05, 0) is 0 Å². The summed E-state index contributed by atoms with van der Waals surface area (Å²) in [6, 6.07) is 1.78. The van der Waals surface area contributed by atoms with Crippen molar-refractivity contribution < 1.29 is 17.9 Å². The van der Waals surface area contributed by atoms with Crippen LogP contribution in [0.3, 0.4) is 0 Å². The van der Waals surface area contributed by atoms with Gasteiger partial charge >= 0.3 is 0 Å². The highest BCUT2D eigenvalue weighted by Gasteiger charge is 2.22. The summed E-state index contributed by atoms with van der Waals surface area (Å²) in [6.07, 6.45) is 0.528. The average molecular weight is 269 g/mol. The first-order valence-corrected chi connectivity index (χ1v) is 5.67. The van der Waals surface area contributed by atoms with E-state index in [1.165, 1.54) is 4.68 Å². The van der Waals surface area contributed by atoms with Crippen molar-refractivity contribution in [2.24, 2.45) is 0 Å². The highest BCUT2D eigenvalue weighted by atomic mass is 19.2. The van der Waals surface area contributed by atoms with Gasteiger partial charge in [-0.15, -0.1) is 0 Å². The van der Waals surface area contributed by atoms with E-state index in [9.17, 15) is 13.2 Å². The van der Waals surface area contributed by atoms with Gasteiger partial charge in [0.15, 0.2) is 23.3 Å². The first-order chi connectivity index (χ1) is 9.08. The van der Waals surface area contributed by atoms with E-state index in [1.54, 1.807) is 0 Å². The third-order valence-electron chi connectivity index (χ3n) is 3.06. The number of halogens is 3. The molecule has 100 valence electrons. The molecule has 0 spiro atoms. The SMILES string of the molecule is Nc1nn(-c2cc(F)c(F)c(F)c2)c2c1COCC2. The molecule has 1 aromatic carbocycles. The van der Waals surface area contributed by atoms with Crippen molar-refractivity contribution in [3.8, 4) is 5.69 Å². The van der Waals surface area contributed by atoms with E-state index in [-0.39, 0.29) is 11.5 Å². The molecule has 0 bridgehead atoms. The molecule has 0 saturated heterocycles. The maximum atomic E-state index is 13.3. The number of hydrogen-bond acceptors (Lipinski definition) is 3. The van der Waals surface area contributed by atoms with Gasteiger partial charge in [0.2, 0.25) is 0 Å². The predicted octanol–water partition coefficient (Wildman–Crippen LogP) is 1.94. The molecule has 0 saturated carbocycles. The zero-order chi connectivity index (χ0) is 13.6. The summed E-state index contributed by atoms with van der Waals surface area (Å²) in [5.74, 6) is -3.77. The predicted molar refractivity (Wildman–Crippen MR) is 61.2 cm³/mol. The summed E-state index contributed by atoms with van der Waals surface area (Å²) >= 11 is 0. The minimum absolute atomic E-state index is 0.103. The number of hydrogen-bond donors (Lipinski definition) is 1. The fourth-order valence-corrected chi connectivity index (χ4v) is 2.14. The standard InChI is InChI=1S/C12H10F3N3O/c13-8-3-6(4-9(14)11(8)15)18-10-1-2-19-5-7(10)12(16)17-18/h3-4H,1-2,5H2,(H2,16,17). The fourth-order valence-electron chi connectivity index (χ4n) is 2.14. The molecule has 19 heavy (non-hydrogen) atoms. The Hall–Kier alpha value is -2.02. The molecule has 1 aliphatic heterocycles. The van der Waals surface area contributed by atoms with Gasteiger partial charge in [-0.25, -0.2) is 17.9 Å². The normalized spacial score (nSPS) is 14.5. The van der Waals surface area contributed by atoms with E-state index in [4.69, 9.17) is 10.5 Å². The molecular formula is C12H10F3N3O. The quantitative estimate of drug-likeness (QED) is 0.805. The Bertz CT molecular complexity index is 631. The molecule has 3 rings (SSSR count). The Morgan fingerprint density at radius 2 is 1.89 bits per heavy atom.